The second-order valence-corrected chi connectivity index (χ2v) is 10.2. The maximum Gasteiger partial charge on any atom is 0.352 e. The summed E-state index contributed by atoms with van der Waals surface area (Å²) in [4.78, 5) is 51.0. The van der Waals surface area contributed by atoms with E-state index in [1.807, 2.05) is 0 Å². The lowest BCUT2D eigenvalue weighted by Crippen LogP contribution is -2.71. The average Bonchev–Trinajstić information content (AvgIpc) is 3.49. The number of nitrogens with one attached hydrogen (secondary N) is 1. The van der Waals surface area contributed by atoms with Gasteiger partial charge < -0.3 is 21.4 Å². The van der Waals surface area contributed by atoms with Crippen molar-refractivity contribution in [2.45, 2.75) is 16.4 Å². The number of fused-ring (bicyclic) bond motifs is 2. The molecule has 0 bridgehead atoms. The first kappa shape index (κ1) is 23.1. The number of aliphatic carboxylic acids is 1. The topological polar surface area (TPSA) is 201 Å². The van der Waals surface area contributed by atoms with Crippen LogP contribution in [-0.4, -0.2) is 86.2 Å². The van der Waals surface area contributed by atoms with Crippen molar-refractivity contribution in [2.75, 3.05) is 17.2 Å². The predicted molar refractivity (Wildman–Crippen MR) is 126 cm³/mol. The van der Waals surface area contributed by atoms with E-state index in [4.69, 9.17) is 5.73 Å². The minimum absolute atomic E-state index is 0.0655. The van der Waals surface area contributed by atoms with Gasteiger partial charge in [-0.25, -0.2) is 19.3 Å². The van der Waals surface area contributed by atoms with Crippen molar-refractivity contribution < 1.29 is 24.7 Å². The number of carbonyl (C=O) groups is 3. The maximum absolute atomic E-state index is 12.9. The number of nitrogens with zero attached hydrogens (tertiary/aromatic N) is 7. The molecule has 2 aliphatic rings. The van der Waals surface area contributed by atoms with Crippen molar-refractivity contribution in [3.8, 4) is 0 Å². The number of amides is 2. The molecular weight excluding hydrogens is 518 g/mol. The molecule has 14 nitrogen and oxygen atoms in total. The highest BCUT2D eigenvalue weighted by Crippen LogP contribution is 2.41. The molecule has 0 spiro atoms. The van der Waals surface area contributed by atoms with Gasteiger partial charge in [0.1, 0.15) is 34.2 Å². The molecule has 0 aromatic carbocycles. The van der Waals surface area contributed by atoms with E-state index in [1.165, 1.54) is 44.6 Å². The van der Waals surface area contributed by atoms with Crippen LogP contribution >= 0.6 is 34.9 Å². The number of thioether (sulfide) groups is 2. The predicted octanol–water partition coefficient (Wildman–Crippen LogP) is -0.128. The molecule has 3 aromatic heterocycles. The van der Waals surface area contributed by atoms with E-state index in [-0.39, 0.29) is 16.5 Å². The van der Waals surface area contributed by atoms with E-state index >= 15 is 0 Å². The summed E-state index contributed by atoms with van der Waals surface area (Å²) >= 11 is 3.71. The van der Waals surface area contributed by atoms with Crippen molar-refractivity contribution in [3.63, 3.8) is 0 Å². The first-order valence-electron chi connectivity index (χ1n) is 9.81. The quantitative estimate of drug-likeness (QED) is 0.0784. The zero-order valence-electron chi connectivity index (χ0n) is 17.4. The Labute approximate surface area is 208 Å². The highest BCUT2D eigenvalue weighted by molar-refractivity contribution is 8.01. The third-order valence-electron chi connectivity index (χ3n) is 5.13. The molecule has 180 valence electrons. The molecule has 2 atom stereocenters. The lowest BCUT2D eigenvalue weighted by Gasteiger charge is -2.49. The number of thiazole rings is 1. The van der Waals surface area contributed by atoms with Gasteiger partial charge in [0, 0.05) is 23.1 Å². The Balaban J connectivity index is 1.30. The second-order valence-electron chi connectivity index (χ2n) is 7.20. The number of nitrogen functional groups attached to an aromatic ring is 1. The number of aromatic nitrogens is 5. The number of rotatable bonds is 7. The number of oxime groups is 1. The molecule has 5 heterocycles. The third-order valence-corrected chi connectivity index (χ3v) is 8.16. The van der Waals surface area contributed by atoms with E-state index < -0.39 is 34.9 Å². The van der Waals surface area contributed by atoms with Gasteiger partial charge in [0.25, 0.3) is 17.6 Å². The second kappa shape index (κ2) is 9.16. The van der Waals surface area contributed by atoms with Crippen molar-refractivity contribution in [1.29, 1.82) is 0 Å². The van der Waals surface area contributed by atoms with E-state index in [9.17, 15) is 24.7 Å². The van der Waals surface area contributed by atoms with Crippen LogP contribution in [0.1, 0.15) is 5.69 Å². The van der Waals surface area contributed by atoms with Crippen LogP contribution in [0.3, 0.4) is 0 Å². The summed E-state index contributed by atoms with van der Waals surface area (Å²) in [6, 6.07) is 0.753. The molecule has 2 amide bonds. The van der Waals surface area contributed by atoms with Crippen LogP contribution in [0.15, 0.2) is 45.4 Å². The van der Waals surface area contributed by atoms with Crippen molar-refractivity contribution in [3.05, 3.63) is 40.9 Å². The van der Waals surface area contributed by atoms with Crippen LogP contribution in [0, 0.1) is 0 Å². The third kappa shape index (κ3) is 4.17. The molecule has 17 heteroatoms. The standard InChI is InChI=1S/C18H15N9O5S3/c19-17-22-8(5-35-17)10(25-32)13(28)24-11-14(29)27-12(16(30)31)7(4-34-15(11)27)3-33-9-1-2-26-18(23-9)20-6-21-26/h1-2,5-6,11,15,32H,3-4H2,(H2,19,22)(H,24,28)(H,30,31)/t11-,15-/m1/s1. The first-order valence-corrected chi connectivity index (χ1v) is 12.7. The van der Waals surface area contributed by atoms with Crippen LogP contribution in [0.5, 0.6) is 0 Å². The number of carboxylic acids is 1. The Hall–Kier alpha value is -3.70. The average molecular weight is 534 g/mol. The van der Waals surface area contributed by atoms with Crippen LogP contribution < -0.4 is 11.1 Å². The Morgan fingerprint density at radius 1 is 1.37 bits per heavy atom. The molecule has 35 heavy (non-hydrogen) atoms. The van der Waals surface area contributed by atoms with Gasteiger partial charge in [-0.3, -0.25) is 14.5 Å². The SMILES string of the molecule is Nc1nc(C(=NO)C(=O)N[C@@H]2C(=O)N3C(C(=O)O)=C(CSc4ccn5ncnc5n4)CS[C@H]23)cs1. The normalized spacial score (nSPS) is 20.1. The molecule has 0 unspecified atom stereocenters. The zero-order valence-corrected chi connectivity index (χ0v) is 19.9. The Kier molecular flexibility index (Phi) is 6.03. The monoisotopic (exact) mass is 533 g/mol. The summed E-state index contributed by atoms with van der Waals surface area (Å²) in [5, 5.41) is 30.2. The zero-order chi connectivity index (χ0) is 24.7. The summed E-state index contributed by atoms with van der Waals surface area (Å²) in [6.07, 6.45) is 3.08. The van der Waals surface area contributed by atoms with Gasteiger partial charge in [-0.1, -0.05) is 5.16 Å². The minimum Gasteiger partial charge on any atom is -0.477 e. The summed E-state index contributed by atoms with van der Waals surface area (Å²) in [7, 11) is 0. The lowest BCUT2D eigenvalue weighted by atomic mass is 10.0. The fraction of sp³-hybridized carbons (Fsp3) is 0.222. The summed E-state index contributed by atoms with van der Waals surface area (Å²) in [5.74, 6) is -1.58. The molecule has 5 rings (SSSR count). The Morgan fingerprint density at radius 2 is 2.20 bits per heavy atom. The Bertz CT molecular complexity index is 1420. The van der Waals surface area contributed by atoms with Crippen LogP contribution in [0.25, 0.3) is 5.78 Å². The van der Waals surface area contributed by atoms with Gasteiger partial charge >= 0.3 is 5.97 Å². The van der Waals surface area contributed by atoms with Gasteiger partial charge in [0.15, 0.2) is 10.8 Å². The van der Waals surface area contributed by atoms with Gasteiger partial charge in [-0.05, 0) is 11.6 Å². The molecular formula is C18H15N9O5S3. The van der Waals surface area contributed by atoms with Gasteiger partial charge in [-0.15, -0.1) is 34.9 Å². The number of β-lactam (4-membered cyclic amide) rings is 1. The summed E-state index contributed by atoms with van der Waals surface area (Å²) < 4.78 is 1.51. The number of carboxylic acid groups (broad SMARTS) is 1. The Morgan fingerprint density at radius 3 is 2.91 bits per heavy atom. The van der Waals surface area contributed by atoms with E-state index in [0.29, 0.717) is 27.9 Å². The number of hydrogen-bond donors (Lipinski definition) is 4. The molecule has 2 aliphatic heterocycles. The van der Waals surface area contributed by atoms with Crippen molar-refractivity contribution in [2.24, 2.45) is 5.16 Å². The van der Waals surface area contributed by atoms with Gasteiger partial charge in [0.05, 0.1) is 0 Å². The van der Waals surface area contributed by atoms with Gasteiger partial charge in [-0.2, -0.15) is 10.1 Å². The first-order chi connectivity index (χ1) is 16.9. The van der Waals surface area contributed by atoms with Crippen molar-refractivity contribution in [1.82, 2.24) is 34.8 Å². The molecule has 5 N–H and O–H groups in total. The molecule has 0 aliphatic carbocycles. The molecule has 1 fully saturated rings. The summed E-state index contributed by atoms with van der Waals surface area (Å²) in [5.41, 5.74) is 5.68. The van der Waals surface area contributed by atoms with Crippen molar-refractivity contribution >= 4 is 69.3 Å². The fourth-order valence-corrected chi connectivity index (χ4v) is 6.44. The van der Waals surface area contributed by atoms with E-state index in [2.05, 4.69) is 30.5 Å². The minimum atomic E-state index is -1.24. The number of nitrogens with two attached hydrogens (primary N) is 1. The largest absolute Gasteiger partial charge is 0.477 e. The highest BCUT2D eigenvalue weighted by atomic mass is 32.2. The van der Waals surface area contributed by atoms with E-state index in [1.54, 1.807) is 12.3 Å². The molecule has 3 aromatic rings. The van der Waals surface area contributed by atoms with Crippen LogP contribution in [0.2, 0.25) is 0 Å². The molecule has 0 radical (unpaired) electrons. The number of hydrogen-bond acceptors (Lipinski definition) is 13. The number of anilines is 1. The fourth-order valence-electron chi connectivity index (χ4n) is 3.55. The maximum atomic E-state index is 12.9. The van der Waals surface area contributed by atoms with Crippen LogP contribution in [0.4, 0.5) is 5.13 Å². The molecule has 0 saturated carbocycles. The van der Waals surface area contributed by atoms with Gasteiger partial charge in [0.2, 0.25) is 0 Å². The summed E-state index contributed by atoms with van der Waals surface area (Å²) in [6.45, 7) is 0. The number of carbonyl (C=O) groups excluding carboxylic acids is 2. The van der Waals surface area contributed by atoms with Crippen LogP contribution in [-0.2, 0) is 14.4 Å². The van der Waals surface area contributed by atoms with E-state index in [0.717, 1.165) is 11.3 Å². The highest BCUT2D eigenvalue weighted by Gasteiger charge is 2.54. The smallest absolute Gasteiger partial charge is 0.352 e. The molecule has 1 saturated heterocycles. The lowest BCUT2D eigenvalue weighted by molar-refractivity contribution is -0.150.